The van der Waals surface area contributed by atoms with Gasteiger partial charge in [0.25, 0.3) is 0 Å². The van der Waals surface area contributed by atoms with Crippen molar-refractivity contribution in [2.24, 2.45) is 0 Å². The average Bonchev–Trinajstić information content (AvgIpc) is 0.764. The standard InChI is InChI=1S/C73H83NO20P/c1-6-10-11-12-13-14-15-34-47-85-95(82,94-74(7-2,8-3)9-4)50-60-63(89-69(78)54-39-26-18-27-40-54)64(90-70(79)55-41-28-19-29-42-55)62(58(86-60)49-84-67(76)52-35-22-16-23-36-52)93-73-66(92-72(81)57-45-32-21-33-46-57)65(91-71(80)56-43-30-20-31-44-56)61(59(87-73)48-83-51(5)75)88-68(77)53-37-24-17-25-38-53/h6,16-33,35-46,58-66,73H,1,7-15,34,47-50H2,2-5H3/q+2/t58-,59-,60-,61+,62-,63-,64+,65+,66-,73+,95?/m1/s1. The molecule has 0 saturated carbocycles. The molecule has 0 spiro atoms. The molecule has 0 N–H and O–H groups in total. The third kappa shape index (κ3) is 20.7. The number of hydrogen-bond donors (Lipinski definition) is 0. The van der Waals surface area contributed by atoms with Gasteiger partial charge in [0, 0.05) is 4.79 Å². The summed E-state index contributed by atoms with van der Waals surface area (Å²) < 4.78 is 77.8. The summed E-state index contributed by atoms with van der Waals surface area (Å²) in [5.41, 5.74) is 0.186. The van der Waals surface area contributed by atoms with Crippen LogP contribution in [0.2, 0.25) is 0 Å². The second-order valence-corrected chi connectivity index (χ2v) is 24.7. The van der Waals surface area contributed by atoms with Crippen molar-refractivity contribution >= 4 is 49.7 Å². The van der Waals surface area contributed by atoms with Gasteiger partial charge in [-0.05, 0) is 117 Å². The molecule has 0 aliphatic carbocycles. The Morgan fingerprint density at radius 2 is 0.811 bits per heavy atom. The molecule has 6 aromatic rings. The van der Waals surface area contributed by atoms with Gasteiger partial charge in [-0.3, -0.25) is 0 Å². The van der Waals surface area contributed by atoms with E-state index in [4.69, 9.17) is 56.5 Å². The van der Waals surface area contributed by atoms with Crippen molar-refractivity contribution in [3.05, 3.63) is 228 Å². The molecule has 2 saturated heterocycles. The molecule has 0 aromatic heterocycles. The van der Waals surface area contributed by atoms with Crippen molar-refractivity contribution in [1.29, 1.82) is 0 Å². The molecule has 8 rings (SSSR count). The van der Waals surface area contributed by atoms with Crippen LogP contribution in [-0.2, 0) is 61.3 Å². The minimum absolute atomic E-state index is 0.00411. The highest BCUT2D eigenvalue weighted by Crippen LogP contribution is 2.57. The van der Waals surface area contributed by atoms with Crippen LogP contribution in [0.1, 0.15) is 135 Å². The normalized spacial score (nSPS) is 21.5. The van der Waals surface area contributed by atoms with Gasteiger partial charge in [-0.25, -0.2) is 33.3 Å². The summed E-state index contributed by atoms with van der Waals surface area (Å²) in [5.74, 6) is -6.64. The Kier molecular flexibility index (Phi) is 27.7. The lowest BCUT2D eigenvalue weighted by atomic mass is 9.93. The van der Waals surface area contributed by atoms with E-state index in [1.165, 1.54) is 72.8 Å². The molecule has 95 heavy (non-hydrogen) atoms. The average molecular weight is 1330 g/mol. The Hall–Kier alpha value is -8.50. The summed E-state index contributed by atoms with van der Waals surface area (Å²) in [5, 5.41) is 0. The van der Waals surface area contributed by atoms with E-state index in [1.807, 2.05) is 26.8 Å². The Morgan fingerprint density at radius 3 is 1.22 bits per heavy atom. The summed E-state index contributed by atoms with van der Waals surface area (Å²) in [6.45, 7) is 10.1. The largest absolute Gasteiger partial charge is 0.627 e. The number of benzene rings is 6. The number of nitrogens with zero attached hydrogens (tertiary/aromatic N) is 1. The number of quaternary nitrogens is 1. The molecular weight excluding hydrogens is 1240 g/mol. The second-order valence-electron chi connectivity index (χ2n) is 22.7. The fourth-order valence-electron chi connectivity index (χ4n) is 11.0. The molecule has 1 unspecified atom stereocenters. The van der Waals surface area contributed by atoms with Crippen molar-refractivity contribution in [3.63, 3.8) is 0 Å². The highest BCUT2D eigenvalue weighted by molar-refractivity contribution is 7.59. The van der Waals surface area contributed by atoms with Gasteiger partial charge < -0.3 is 52.3 Å². The highest BCUT2D eigenvalue weighted by atomic mass is 31.2. The molecule has 6 aromatic carbocycles. The molecule has 2 heterocycles. The number of hydroxylamine groups is 3. The van der Waals surface area contributed by atoms with Gasteiger partial charge >= 0.3 is 49.7 Å². The third-order valence-electron chi connectivity index (χ3n) is 16.2. The Balaban J connectivity index is 1.32. The summed E-state index contributed by atoms with van der Waals surface area (Å²) in [6, 6.07) is 46.8. The minimum atomic E-state index is -4.49. The highest BCUT2D eigenvalue weighted by Gasteiger charge is 2.61. The second kappa shape index (κ2) is 36.4. The molecule has 0 amide bonds. The summed E-state index contributed by atoms with van der Waals surface area (Å²) in [6.07, 6.45) is -11.3. The minimum Gasteiger partial charge on any atom is -0.627 e. The van der Waals surface area contributed by atoms with Gasteiger partial charge in [0.05, 0.1) is 46.9 Å². The maximum atomic E-state index is 16.1. The summed E-state index contributed by atoms with van der Waals surface area (Å²) in [7, 11) is -4.49. The van der Waals surface area contributed by atoms with E-state index in [0.29, 0.717) is 26.1 Å². The van der Waals surface area contributed by atoms with Gasteiger partial charge in [-0.2, -0.15) is 0 Å². The van der Waals surface area contributed by atoms with E-state index in [1.54, 1.807) is 109 Å². The molecule has 0 bridgehead atoms. The van der Waals surface area contributed by atoms with Gasteiger partial charge in [-0.15, -0.1) is 11.2 Å². The van der Waals surface area contributed by atoms with E-state index in [-0.39, 0.29) is 44.6 Å². The van der Waals surface area contributed by atoms with E-state index < -0.39 is 130 Å². The first-order chi connectivity index (χ1) is 46.1. The van der Waals surface area contributed by atoms with Gasteiger partial charge in [-0.1, -0.05) is 141 Å². The smallest absolute Gasteiger partial charge is 0.571 e. The van der Waals surface area contributed by atoms with Crippen molar-refractivity contribution in [1.82, 2.24) is 0 Å². The molecule has 21 nitrogen and oxygen atoms in total. The lowest BCUT2D eigenvalue weighted by molar-refractivity contribution is -1.08. The van der Waals surface area contributed by atoms with E-state index in [0.717, 1.165) is 45.4 Å². The van der Waals surface area contributed by atoms with Crippen LogP contribution in [0, 0.1) is 0 Å². The topological polar surface area (TPSA) is 256 Å². The Labute approximate surface area is 554 Å². The Morgan fingerprint density at radius 1 is 0.463 bits per heavy atom. The quantitative estimate of drug-likeness (QED) is 0.00531. The van der Waals surface area contributed by atoms with E-state index in [9.17, 15) is 28.8 Å². The van der Waals surface area contributed by atoms with Crippen molar-refractivity contribution in [2.75, 3.05) is 45.6 Å². The molecule has 1 radical (unpaired) electrons. The lowest BCUT2D eigenvalue weighted by Crippen LogP contribution is -2.67. The summed E-state index contributed by atoms with van der Waals surface area (Å²) >= 11 is 0. The molecular formula is C73H83NO20P+2. The fraction of sp³-hybridized carbons (Fsp3) is 0.384. The van der Waals surface area contributed by atoms with Crippen molar-refractivity contribution < 1.29 is 99.6 Å². The number of hydrogen-bond acceptors (Lipinski definition) is 20. The SMILES string of the molecule is C=CCCCCCCCCO[P+]([O-])(C[C@H]1O[C@H](COC(=O)c2ccccc2)[C@@H](O[C@@H]2O[C@H](COC(C)=[O+])[C@H](OC(=O)c3ccccc3)[C@H](OC(=O)c3ccccc3)[C@H]2OC(=O)c2ccccc2)[C@H](OC(=O)c2ccccc2)[C@@H]1OC(=O)c1ccccc1)O[N+](CC)(CC)CC. The maximum absolute atomic E-state index is 16.1. The predicted molar refractivity (Wildman–Crippen MR) is 347 cm³/mol. The first-order valence-electron chi connectivity index (χ1n) is 32.1. The van der Waals surface area contributed by atoms with E-state index >= 15 is 9.69 Å². The third-order valence-corrected chi connectivity index (χ3v) is 18.2. The first kappa shape index (κ1) is 72.3. The number of ether oxygens (including phenoxy) is 10. The van der Waals surface area contributed by atoms with Crippen LogP contribution in [0.5, 0.6) is 0 Å². The van der Waals surface area contributed by atoms with Crippen LogP contribution in [0.15, 0.2) is 195 Å². The maximum Gasteiger partial charge on any atom is 0.571 e. The first-order valence-corrected chi connectivity index (χ1v) is 33.8. The summed E-state index contributed by atoms with van der Waals surface area (Å²) in [4.78, 5) is 117. The molecule has 2 fully saturated rings. The van der Waals surface area contributed by atoms with Gasteiger partial charge in [0.15, 0.2) is 42.9 Å². The zero-order valence-corrected chi connectivity index (χ0v) is 54.7. The van der Waals surface area contributed by atoms with Crippen LogP contribution in [0.4, 0.5) is 0 Å². The zero-order chi connectivity index (χ0) is 67.6. The number of esters is 7. The molecule has 11 atom stereocenters. The predicted octanol–water partition coefficient (Wildman–Crippen LogP) is 11.3. The number of unbranched alkanes of at least 4 members (excludes halogenated alkanes) is 6. The van der Waals surface area contributed by atoms with Crippen molar-refractivity contribution in [2.45, 2.75) is 134 Å². The van der Waals surface area contributed by atoms with Crippen LogP contribution >= 0.6 is 7.94 Å². The van der Waals surface area contributed by atoms with Crippen molar-refractivity contribution in [3.8, 4) is 0 Å². The number of allylic oxidation sites excluding steroid dienone is 1. The molecule has 22 heteroatoms. The van der Waals surface area contributed by atoms with Gasteiger partial charge in [0.1, 0.15) is 50.7 Å². The zero-order valence-electron chi connectivity index (χ0n) is 53.8. The number of carbonyl (C=O) groups is 7. The van der Waals surface area contributed by atoms with Crippen LogP contribution in [0.25, 0.3) is 0 Å². The van der Waals surface area contributed by atoms with Gasteiger partial charge in [0.2, 0.25) is 6.61 Å². The van der Waals surface area contributed by atoms with Crippen LogP contribution in [-0.4, -0.2) is 153 Å². The number of carbonyl (C=O) groups excluding carboxylic acids is 7. The molecule has 2 aliphatic rings. The molecule has 2 aliphatic heterocycles. The monoisotopic (exact) mass is 1320 g/mol. The van der Waals surface area contributed by atoms with Crippen LogP contribution < -0.4 is 4.89 Å². The fourth-order valence-corrected chi connectivity index (χ4v) is 13.2. The van der Waals surface area contributed by atoms with E-state index in [2.05, 4.69) is 6.58 Å². The molecule has 503 valence electrons. The van der Waals surface area contributed by atoms with Crippen LogP contribution in [0.3, 0.4) is 0 Å². The number of rotatable bonds is 34. The lowest BCUT2D eigenvalue weighted by Gasteiger charge is -2.49. The Bertz CT molecular complexity index is 3400.